The fourth-order valence-corrected chi connectivity index (χ4v) is 2.41. The third-order valence-corrected chi connectivity index (χ3v) is 3.09. The zero-order chi connectivity index (χ0) is 11.2. The van der Waals surface area contributed by atoms with Crippen molar-refractivity contribution in [3.63, 3.8) is 0 Å². The van der Waals surface area contributed by atoms with E-state index in [2.05, 4.69) is 0 Å². The van der Waals surface area contributed by atoms with Crippen LogP contribution in [0.4, 0.5) is 0 Å². The third kappa shape index (κ3) is 1.10. The molecule has 1 spiro atoms. The molecule has 0 aromatic heterocycles. The number of esters is 1. The molecular formula is C12H12O4. The molecule has 2 aliphatic heterocycles. The van der Waals surface area contributed by atoms with E-state index in [0.29, 0.717) is 24.3 Å². The van der Waals surface area contributed by atoms with Crippen molar-refractivity contribution in [2.75, 3.05) is 13.7 Å². The Bertz CT molecular complexity index is 446. The maximum absolute atomic E-state index is 11.7. The summed E-state index contributed by atoms with van der Waals surface area (Å²) < 4.78 is 16.3. The van der Waals surface area contributed by atoms with Gasteiger partial charge in [-0.1, -0.05) is 6.07 Å². The summed E-state index contributed by atoms with van der Waals surface area (Å²) in [5.41, 5.74) is 1.31. The second kappa shape index (κ2) is 3.22. The largest absolute Gasteiger partial charge is 0.496 e. The molecule has 1 saturated heterocycles. The fraction of sp³-hybridized carbons (Fsp3) is 0.417. The summed E-state index contributed by atoms with van der Waals surface area (Å²) in [4.78, 5) is 11.7. The van der Waals surface area contributed by atoms with Crippen molar-refractivity contribution >= 4 is 5.97 Å². The average molecular weight is 220 g/mol. The second-order valence-corrected chi connectivity index (χ2v) is 3.98. The van der Waals surface area contributed by atoms with Crippen LogP contribution in [-0.4, -0.2) is 19.7 Å². The van der Waals surface area contributed by atoms with Gasteiger partial charge in [-0.15, -0.1) is 0 Å². The molecular weight excluding hydrogens is 208 g/mol. The fourth-order valence-electron chi connectivity index (χ4n) is 2.41. The van der Waals surface area contributed by atoms with Crippen molar-refractivity contribution in [1.29, 1.82) is 0 Å². The van der Waals surface area contributed by atoms with E-state index in [9.17, 15) is 4.79 Å². The normalized spacial score (nSPS) is 26.9. The molecule has 0 N–H and O–H groups in total. The maximum Gasteiger partial charge on any atom is 0.341 e. The first kappa shape index (κ1) is 9.66. The molecule has 0 amide bonds. The molecule has 84 valence electrons. The number of benzene rings is 1. The molecule has 0 bridgehead atoms. The molecule has 0 saturated carbocycles. The van der Waals surface area contributed by atoms with E-state index >= 15 is 0 Å². The van der Waals surface area contributed by atoms with Gasteiger partial charge in [0.2, 0.25) is 5.79 Å². The lowest BCUT2D eigenvalue weighted by Crippen LogP contribution is -2.25. The minimum atomic E-state index is -0.890. The molecule has 1 aromatic carbocycles. The van der Waals surface area contributed by atoms with Crippen LogP contribution in [0, 0.1) is 0 Å². The first-order valence-electron chi connectivity index (χ1n) is 5.32. The molecule has 0 radical (unpaired) electrons. The van der Waals surface area contributed by atoms with Gasteiger partial charge >= 0.3 is 5.97 Å². The number of carbonyl (C=O) groups excluding carboxylic acids is 1. The highest BCUT2D eigenvalue weighted by Gasteiger charge is 2.51. The van der Waals surface area contributed by atoms with Crippen LogP contribution in [-0.2, 0) is 15.3 Å². The molecule has 3 rings (SSSR count). The van der Waals surface area contributed by atoms with Gasteiger partial charge < -0.3 is 14.2 Å². The van der Waals surface area contributed by atoms with Crippen LogP contribution in [0.3, 0.4) is 0 Å². The monoisotopic (exact) mass is 220 g/mol. The molecule has 1 aromatic rings. The van der Waals surface area contributed by atoms with E-state index in [0.717, 1.165) is 12.0 Å². The Balaban J connectivity index is 2.22. The van der Waals surface area contributed by atoms with E-state index < -0.39 is 5.79 Å². The highest BCUT2D eigenvalue weighted by molar-refractivity contribution is 5.95. The van der Waals surface area contributed by atoms with Crippen molar-refractivity contribution in [3.05, 3.63) is 29.3 Å². The Hall–Kier alpha value is -1.55. The van der Waals surface area contributed by atoms with Gasteiger partial charge in [-0.05, 0) is 18.6 Å². The first-order valence-corrected chi connectivity index (χ1v) is 5.32. The van der Waals surface area contributed by atoms with Gasteiger partial charge in [0.25, 0.3) is 0 Å². The lowest BCUT2D eigenvalue weighted by Gasteiger charge is -2.23. The van der Waals surface area contributed by atoms with Gasteiger partial charge in [-0.2, -0.15) is 0 Å². The van der Waals surface area contributed by atoms with Gasteiger partial charge in [0.1, 0.15) is 5.75 Å². The summed E-state index contributed by atoms with van der Waals surface area (Å²) in [5, 5.41) is 0. The number of methoxy groups -OCH3 is 1. The van der Waals surface area contributed by atoms with Crippen LogP contribution >= 0.6 is 0 Å². The SMILES string of the molecule is COc1cccc2c1C1(CCCO1)OC2=O. The molecule has 1 fully saturated rings. The quantitative estimate of drug-likeness (QED) is 0.677. The van der Waals surface area contributed by atoms with Crippen LogP contribution in [0.2, 0.25) is 0 Å². The highest BCUT2D eigenvalue weighted by Crippen LogP contribution is 2.48. The molecule has 2 aliphatic rings. The Morgan fingerprint density at radius 1 is 1.44 bits per heavy atom. The summed E-state index contributed by atoms with van der Waals surface area (Å²) in [7, 11) is 1.58. The van der Waals surface area contributed by atoms with Gasteiger partial charge in [0, 0.05) is 6.42 Å². The van der Waals surface area contributed by atoms with E-state index in [-0.39, 0.29) is 5.97 Å². The molecule has 4 heteroatoms. The summed E-state index contributed by atoms with van der Waals surface area (Å²) >= 11 is 0. The Morgan fingerprint density at radius 3 is 3.00 bits per heavy atom. The van der Waals surface area contributed by atoms with Crippen LogP contribution < -0.4 is 4.74 Å². The van der Waals surface area contributed by atoms with E-state index in [1.54, 1.807) is 19.2 Å². The second-order valence-electron chi connectivity index (χ2n) is 3.98. The van der Waals surface area contributed by atoms with Gasteiger partial charge in [0.05, 0.1) is 24.8 Å². The van der Waals surface area contributed by atoms with Crippen LogP contribution in [0.15, 0.2) is 18.2 Å². The van der Waals surface area contributed by atoms with Crippen LogP contribution in [0.25, 0.3) is 0 Å². The number of ether oxygens (including phenoxy) is 3. The molecule has 4 nitrogen and oxygen atoms in total. The van der Waals surface area contributed by atoms with Crippen molar-refractivity contribution in [2.24, 2.45) is 0 Å². The predicted octanol–water partition coefficient (Wildman–Crippen LogP) is 1.83. The lowest BCUT2D eigenvalue weighted by molar-refractivity contribution is -0.173. The summed E-state index contributed by atoms with van der Waals surface area (Å²) in [5.74, 6) is -0.556. The van der Waals surface area contributed by atoms with E-state index in [4.69, 9.17) is 14.2 Å². The van der Waals surface area contributed by atoms with Gasteiger partial charge in [-0.3, -0.25) is 0 Å². The Kier molecular flexibility index (Phi) is 1.94. The third-order valence-electron chi connectivity index (χ3n) is 3.09. The van der Waals surface area contributed by atoms with Gasteiger partial charge in [-0.25, -0.2) is 4.79 Å². The Morgan fingerprint density at radius 2 is 2.31 bits per heavy atom. The Labute approximate surface area is 93.1 Å². The maximum atomic E-state index is 11.7. The average Bonchev–Trinajstić information content (AvgIpc) is 2.87. The number of hydrogen-bond acceptors (Lipinski definition) is 4. The standard InChI is InChI=1S/C12H12O4/c1-14-9-5-2-4-8-10(9)12(16-11(8)13)6-3-7-15-12/h2,4-5H,3,6-7H2,1H3. The number of rotatable bonds is 1. The summed E-state index contributed by atoms with van der Waals surface area (Å²) in [6.07, 6.45) is 1.59. The number of fused-ring (bicyclic) bond motifs is 2. The molecule has 1 unspecified atom stereocenters. The van der Waals surface area contributed by atoms with Crippen molar-refractivity contribution < 1.29 is 19.0 Å². The zero-order valence-corrected chi connectivity index (χ0v) is 8.99. The molecule has 1 atom stereocenters. The van der Waals surface area contributed by atoms with Crippen molar-refractivity contribution in [1.82, 2.24) is 0 Å². The molecule has 0 aliphatic carbocycles. The van der Waals surface area contributed by atoms with Gasteiger partial charge in [0.15, 0.2) is 0 Å². The topological polar surface area (TPSA) is 44.8 Å². The minimum absolute atomic E-state index is 0.323. The predicted molar refractivity (Wildman–Crippen MR) is 55.3 cm³/mol. The van der Waals surface area contributed by atoms with E-state index in [1.165, 1.54) is 0 Å². The smallest absolute Gasteiger partial charge is 0.341 e. The lowest BCUT2D eigenvalue weighted by atomic mass is 9.99. The molecule has 16 heavy (non-hydrogen) atoms. The van der Waals surface area contributed by atoms with Crippen molar-refractivity contribution in [3.8, 4) is 5.75 Å². The van der Waals surface area contributed by atoms with Crippen LogP contribution in [0.1, 0.15) is 28.8 Å². The van der Waals surface area contributed by atoms with E-state index in [1.807, 2.05) is 6.07 Å². The summed E-state index contributed by atoms with van der Waals surface area (Å²) in [6, 6.07) is 5.35. The first-order chi connectivity index (χ1) is 7.77. The molecule has 2 heterocycles. The summed E-state index contributed by atoms with van der Waals surface area (Å²) in [6.45, 7) is 0.616. The highest BCUT2D eigenvalue weighted by atomic mass is 16.7. The zero-order valence-electron chi connectivity index (χ0n) is 8.99. The minimum Gasteiger partial charge on any atom is -0.496 e. The number of hydrogen-bond donors (Lipinski definition) is 0. The van der Waals surface area contributed by atoms with Crippen molar-refractivity contribution in [2.45, 2.75) is 18.6 Å². The van der Waals surface area contributed by atoms with Crippen LogP contribution in [0.5, 0.6) is 5.75 Å². The number of carbonyl (C=O) groups is 1.